The first kappa shape index (κ1) is 13.7. The van der Waals surface area contributed by atoms with Gasteiger partial charge in [0.05, 0.1) is 43.6 Å². The summed E-state index contributed by atoms with van der Waals surface area (Å²) in [5.74, 6) is 0.519. The van der Waals surface area contributed by atoms with E-state index in [1.54, 1.807) is 9.80 Å². The number of benzene rings is 1. The van der Waals surface area contributed by atoms with Gasteiger partial charge in [-0.05, 0) is 31.4 Å². The van der Waals surface area contributed by atoms with Gasteiger partial charge < -0.3 is 14.9 Å². The third-order valence-electron chi connectivity index (χ3n) is 6.25. The fourth-order valence-corrected chi connectivity index (χ4v) is 5.34. The molecular weight excluding hydrogens is 260 g/mol. The monoisotopic (exact) mass is 288 g/mol. The lowest BCUT2D eigenvalue weighted by Gasteiger charge is -2.49. The van der Waals surface area contributed by atoms with Gasteiger partial charge in [-0.2, -0.15) is 0 Å². The van der Waals surface area contributed by atoms with Crippen LogP contribution in [0.25, 0.3) is 0 Å². The van der Waals surface area contributed by atoms with Crippen LogP contribution in [0.2, 0.25) is 0 Å². The molecule has 3 N–H and O–H groups in total. The van der Waals surface area contributed by atoms with Crippen LogP contribution in [0.15, 0.2) is 18.2 Å². The second-order valence-corrected chi connectivity index (χ2v) is 7.94. The predicted molar refractivity (Wildman–Crippen MR) is 82.7 cm³/mol. The number of nitrogens with one attached hydrogen (secondary N) is 2. The van der Waals surface area contributed by atoms with Gasteiger partial charge in [-0.1, -0.05) is 23.8 Å². The lowest BCUT2D eigenvalue weighted by Crippen LogP contribution is -3.17. The number of rotatable bonds is 2. The molecule has 1 aromatic carbocycles. The zero-order valence-electron chi connectivity index (χ0n) is 13.3. The van der Waals surface area contributed by atoms with Crippen molar-refractivity contribution >= 4 is 0 Å². The van der Waals surface area contributed by atoms with Crippen LogP contribution < -0.4 is 9.80 Å². The highest BCUT2D eigenvalue weighted by molar-refractivity contribution is 5.31. The highest BCUT2D eigenvalue weighted by Crippen LogP contribution is 2.34. The van der Waals surface area contributed by atoms with Crippen molar-refractivity contribution in [2.24, 2.45) is 11.3 Å². The summed E-state index contributed by atoms with van der Waals surface area (Å²) in [6.45, 7) is 11.7. The van der Waals surface area contributed by atoms with E-state index < -0.39 is 0 Å². The predicted octanol–water partition coefficient (Wildman–Crippen LogP) is -1.38. The third-order valence-corrected chi connectivity index (χ3v) is 6.25. The van der Waals surface area contributed by atoms with E-state index in [4.69, 9.17) is 0 Å². The lowest BCUT2D eigenvalue weighted by molar-refractivity contribution is -0.918. The minimum atomic E-state index is -0.0937. The summed E-state index contributed by atoms with van der Waals surface area (Å²) in [6, 6.07) is 6.81. The van der Waals surface area contributed by atoms with E-state index in [2.05, 4.69) is 32.0 Å². The molecule has 1 aromatic rings. The van der Waals surface area contributed by atoms with E-state index in [0.29, 0.717) is 5.92 Å². The average molecular weight is 288 g/mol. The van der Waals surface area contributed by atoms with E-state index >= 15 is 0 Å². The van der Waals surface area contributed by atoms with Crippen LogP contribution in [0.1, 0.15) is 16.7 Å². The molecule has 21 heavy (non-hydrogen) atoms. The Kier molecular flexibility index (Phi) is 3.14. The van der Waals surface area contributed by atoms with E-state index in [-0.39, 0.29) is 11.5 Å². The molecule has 4 aliphatic heterocycles. The highest BCUT2D eigenvalue weighted by atomic mass is 16.3. The molecule has 0 aromatic heterocycles. The van der Waals surface area contributed by atoms with Crippen LogP contribution in [0.4, 0.5) is 0 Å². The second-order valence-electron chi connectivity index (χ2n) is 7.94. The van der Waals surface area contributed by atoms with Gasteiger partial charge in [-0.25, -0.2) is 0 Å². The van der Waals surface area contributed by atoms with Crippen molar-refractivity contribution in [3.05, 3.63) is 34.9 Å². The normalized spacial score (nSPS) is 41.3. The number of aryl methyl sites for hydroxylation is 2. The number of fused-ring (bicyclic) bond motifs is 1. The van der Waals surface area contributed by atoms with Crippen LogP contribution >= 0.6 is 0 Å². The van der Waals surface area contributed by atoms with Crippen LogP contribution in [0.3, 0.4) is 0 Å². The molecule has 3 nitrogen and oxygen atoms in total. The Balaban J connectivity index is 1.68. The fraction of sp³-hybridized carbons (Fsp3) is 0.667. The summed E-state index contributed by atoms with van der Waals surface area (Å²) < 4.78 is 0. The van der Waals surface area contributed by atoms with Crippen molar-refractivity contribution in [1.82, 2.24) is 0 Å². The summed E-state index contributed by atoms with van der Waals surface area (Å²) in [5.41, 5.74) is 4.29. The largest absolute Gasteiger partial charge is 0.391 e. The van der Waals surface area contributed by atoms with Gasteiger partial charge in [0.1, 0.15) is 13.1 Å². The maximum atomic E-state index is 11.0. The Morgan fingerprint density at radius 1 is 1.14 bits per heavy atom. The number of aliphatic hydroxyl groups excluding tert-OH is 1. The molecule has 114 valence electrons. The van der Waals surface area contributed by atoms with Gasteiger partial charge in [-0.3, -0.25) is 0 Å². The van der Waals surface area contributed by atoms with Gasteiger partial charge in [0.2, 0.25) is 0 Å². The maximum absolute atomic E-state index is 11.0. The fourth-order valence-electron chi connectivity index (χ4n) is 5.34. The highest BCUT2D eigenvalue weighted by Gasteiger charge is 2.58. The molecule has 4 aliphatic rings. The Morgan fingerprint density at radius 2 is 1.81 bits per heavy atom. The smallest absolute Gasteiger partial charge is 0.127 e. The zero-order valence-corrected chi connectivity index (χ0v) is 13.3. The molecule has 0 aliphatic carbocycles. The molecule has 0 spiro atoms. The Morgan fingerprint density at radius 3 is 2.43 bits per heavy atom. The van der Waals surface area contributed by atoms with Crippen LogP contribution in [-0.4, -0.2) is 50.5 Å². The van der Waals surface area contributed by atoms with Crippen molar-refractivity contribution < 1.29 is 14.9 Å². The molecule has 0 amide bonds. The van der Waals surface area contributed by atoms with Crippen molar-refractivity contribution in [3.63, 3.8) is 0 Å². The van der Waals surface area contributed by atoms with Gasteiger partial charge in [0.25, 0.3) is 0 Å². The Labute approximate surface area is 127 Å². The molecule has 4 bridgehead atoms. The first-order valence-corrected chi connectivity index (χ1v) is 8.47. The summed E-state index contributed by atoms with van der Waals surface area (Å²) in [6.07, 6.45) is 0.966. The Bertz CT molecular complexity index is 540. The molecule has 3 heteroatoms. The van der Waals surface area contributed by atoms with Gasteiger partial charge in [0, 0.05) is 0 Å². The van der Waals surface area contributed by atoms with Crippen molar-refractivity contribution in [1.29, 1.82) is 0 Å². The van der Waals surface area contributed by atoms with Crippen molar-refractivity contribution in [2.45, 2.75) is 26.4 Å². The number of hydrogen-bond donors (Lipinski definition) is 3. The molecule has 4 saturated heterocycles. The van der Waals surface area contributed by atoms with E-state index in [1.807, 2.05) is 0 Å². The summed E-state index contributed by atoms with van der Waals surface area (Å²) in [7, 11) is 0. The molecule has 4 heterocycles. The molecule has 4 fully saturated rings. The zero-order chi connectivity index (χ0) is 14.6. The number of aliphatic hydroxyl groups is 1. The standard InChI is InChI=1S/C18H26N2O/c1-13-3-4-15(14(2)7-13)8-18-11-19-5-6-20(12-18)10-16(9-19)17(18)21/h3-4,7,16-17,21H,5-6,8-12H2,1-2H3/p+2/t16?,17-,18?/m1/s1. The summed E-state index contributed by atoms with van der Waals surface area (Å²) >= 11 is 0. The first-order chi connectivity index (χ1) is 10.1. The molecular formula is C18H28N2O+2. The molecule has 3 atom stereocenters. The first-order valence-electron chi connectivity index (χ1n) is 8.47. The second kappa shape index (κ2) is 4.80. The SMILES string of the molecule is Cc1ccc(CC23C[NH+]4CC[NH+](CC(C4)[C@H]2O)C3)c(C)c1. The third kappa shape index (κ3) is 2.23. The van der Waals surface area contributed by atoms with Gasteiger partial charge in [0.15, 0.2) is 0 Å². The van der Waals surface area contributed by atoms with Gasteiger partial charge >= 0.3 is 0 Å². The van der Waals surface area contributed by atoms with Crippen LogP contribution in [0, 0.1) is 25.2 Å². The Hall–Kier alpha value is -0.900. The van der Waals surface area contributed by atoms with Crippen molar-refractivity contribution in [3.8, 4) is 0 Å². The molecule has 5 rings (SSSR count). The average Bonchev–Trinajstić information content (AvgIpc) is 2.67. The van der Waals surface area contributed by atoms with Crippen molar-refractivity contribution in [2.75, 3.05) is 39.3 Å². The van der Waals surface area contributed by atoms with Crippen LogP contribution in [-0.2, 0) is 6.42 Å². The minimum Gasteiger partial charge on any atom is -0.391 e. The molecule has 0 saturated carbocycles. The quantitative estimate of drug-likeness (QED) is 0.615. The molecule has 0 radical (unpaired) electrons. The maximum Gasteiger partial charge on any atom is 0.127 e. The molecule has 2 unspecified atom stereocenters. The minimum absolute atomic E-state index is 0.0937. The lowest BCUT2D eigenvalue weighted by atomic mass is 9.66. The number of quaternary nitrogens is 2. The summed E-state index contributed by atoms with van der Waals surface area (Å²) in [4.78, 5) is 3.48. The number of piperidine rings is 2. The number of hydrogen-bond acceptors (Lipinski definition) is 1. The van der Waals surface area contributed by atoms with E-state index in [0.717, 1.165) is 6.42 Å². The van der Waals surface area contributed by atoms with E-state index in [9.17, 15) is 5.11 Å². The topological polar surface area (TPSA) is 29.1 Å². The van der Waals surface area contributed by atoms with E-state index in [1.165, 1.54) is 56.0 Å². The van der Waals surface area contributed by atoms with Gasteiger partial charge in [-0.15, -0.1) is 0 Å². The van der Waals surface area contributed by atoms with Crippen LogP contribution in [0.5, 0.6) is 0 Å². The summed E-state index contributed by atoms with van der Waals surface area (Å²) in [5, 5.41) is 11.0.